The Morgan fingerprint density at radius 2 is 1.78 bits per heavy atom. The summed E-state index contributed by atoms with van der Waals surface area (Å²) in [6, 6.07) is 2.46. The van der Waals surface area contributed by atoms with Gasteiger partial charge in [0.2, 0.25) is 0 Å². The average molecular weight is 247 g/mol. The van der Waals surface area contributed by atoms with Crippen molar-refractivity contribution in [1.29, 1.82) is 5.26 Å². The van der Waals surface area contributed by atoms with Gasteiger partial charge in [-0.15, -0.1) is 0 Å². The molecule has 0 aromatic rings. The van der Waals surface area contributed by atoms with Gasteiger partial charge in [-0.1, -0.05) is 33.1 Å². The first-order valence-corrected chi connectivity index (χ1v) is 8.14. The van der Waals surface area contributed by atoms with Crippen molar-refractivity contribution >= 4 is 0 Å². The molecule has 0 heterocycles. The third-order valence-electron chi connectivity index (χ3n) is 5.60. The molecule has 0 radical (unpaired) electrons. The highest BCUT2D eigenvalue weighted by Crippen LogP contribution is 2.44. The lowest BCUT2D eigenvalue weighted by Gasteiger charge is -2.41. The van der Waals surface area contributed by atoms with Crippen molar-refractivity contribution in [2.75, 3.05) is 0 Å². The van der Waals surface area contributed by atoms with Crippen LogP contribution in [-0.2, 0) is 0 Å². The molecule has 18 heavy (non-hydrogen) atoms. The molecule has 2 rings (SSSR count). The smallest absolute Gasteiger partial charge is 0.0655 e. The van der Waals surface area contributed by atoms with Crippen molar-refractivity contribution in [3.05, 3.63) is 0 Å². The Balaban J connectivity index is 1.82. The lowest BCUT2D eigenvalue weighted by atomic mass is 9.64. The van der Waals surface area contributed by atoms with Crippen LogP contribution in [0.5, 0.6) is 0 Å². The Kier molecular flexibility index (Phi) is 5.10. The fourth-order valence-electron chi connectivity index (χ4n) is 4.58. The van der Waals surface area contributed by atoms with Crippen LogP contribution in [-0.4, -0.2) is 0 Å². The zero-order valence-electron chi connectivity index (χ0n) is 12.2. The molecular weight excluding hydrogens is 218 g/mol. The molecule has 0 aromatic heterocycles. The molecule has 3 atom stereocenters. The predicted octanol–water partition coefficient (Wildman–Crippen LogP) is 5.17. The number of nitrogens with zero attached hydrogens (tertiary/aromatic N) is 1. The second kappa shape index (κ2) is 6.60. The van der Waals surface area contributed by atoms with E-state index in [-0.39, 0.29) is 0 Å². The van der Waals surface area contributed by atoms with E-state index in [1.807, 2.05) is 0 Å². The molecule has 0 saturated heterocycles. The maximum absolute atomic E-state index is 8.98. The zero-order valence-corrected chi connectivity index (χ0v) is 12.2. The molecule has 1 heteroatoms. The Labute approximate surface area is 113 Å². The summed E-state index contributed by atoms with van der Waals surface area (Å²) < 4.78 is 0. The van der Waals surface area contributed by atoms with Gasteiger partial charge in [0.05, 0.1) is 6.07 Å². The van der Waals surface area contributed by atoms with E-state index in [4.69, 9.17) is 5.26 Å². The van der Waals surface area contributed by atoms with Crippen LogP contribution in [0, 0.1) is 40.9 Å². The van der Waals surface area contributed by atoms with Crippen molar-refractivity contribution in [1.82, 2.24) is 0 Å². The minimum atomic E-state index is 0.369. The first-order chi connectivity index (χ1) is 8.74. The summed E-state index contributed by atoms with van der Waals surface area (Å²) in [6.07, 6.45) is 12.2. The molecule has 0 N–H and O–H groups in total. The molecule has 2 saturated carbocycles. The summed E-state index contributed by atoms with van der Waals surface area (Å²) in [5.41, 5.74) is 0. The molecule has 0 amide bonds. The van der Waals surface area contributed by atoms with Gasteiger partial charge < -0.3 is 0 Å². The highest BCUT2D eigenvalue weighted by atomic mass is 14.4. The maximum atomic E-state index is 8.98. The van der Waals surface area contributed by atoms with Crippen molar-refractivity contribution in [3.63, 3.8) is 0 Å². The minimum Gasteiger partial charge on any atom is -0.198 e. The summed E-state index contributed by atoms with van der Waals surface area (Å²) in [5, 5.41) is 8.98. The van der Waals surface area contributed by atoms with E-state index >= 15 is 0 Å². The SMILES string of the molecule is CCCC1CCC([C@H]2CC[C@H](C#N)CC2)C(C)C1. The van der Waals surface area contributed by atoms with Crippen molar-refractivity contribution in [2.24, 2.45) is 29.6 Å². The molecule has 3 unspecified atom stereocenters. The molecule has 0 bridgehead atoms. The molecule has 0 aromatic carbocycles. The Bertz CT molecular complexity index is 282. The van der Waals surface area contributed by atoms with E-state index in [2.05, 4.69) is 19.9 Å². The second-order valence-electron chi connectivity index (χ2n) is 6.85. The van der Waals surface area contributed by atoms with E-state index < -0.39 is 0 Å². The standard InChI is InChI=1S/C17H29N/c1-3-4-14-7-10-17(13(2)11-14)16-8-5-15(12-18)6-9-16/h13-17H,3-11H2,1-2H3/t13?,14?,15-,16-,17?. The average Bonchev–Trinajstić information content (AvgIpc) is 2.40. The van der Waals surface area contributed by atoms with Crippen LogP contribution in [0.25, 0.3) is 0 Å². The van der Waals surface area contributed by atoms with Crippen LogP contribution in [0.1, 0.15) is 71.6 Å². The van der Waals surface area contributed by atoms with E-state index in [1.54, 1.807) is 0 Å². The fraction of sp³-hybridized carbons (Fsp3) is 0.941. The van der Waals surface area contributed by atoms with Crippen LogP contribution in [0.3, 0.4) is 0 Å². The normalized spacial score (nSPS) is 41.3. The predicted molar refractivity (Wildman–Crippen MR) is 76.0 cm³/mol. The third kappa shape index (κ3) is 3.28. The molecule has 102 valence electrons. The van der Waals surface area contributed by atoms with Crippen LogP contribution in [0.2, 0.25) is 0 Å². The monoisotopic (exact) mass is 247 g/mol. The summed E-state index contributed by atoms with van der Waals surface area (Å²) in [4.78, 5) is 0. The van der Waals surface area contributed by atoms with Gasteiger partial charge in [-0.05, 0) is 62.2 Å². The first kappa shape index (κ1) is 13.9. The highest BCUT2D eigenvalue weighted by molar-refractivity contribution is 4.90. The Morgan fingerprint density at radius 3 is 2.33 bits per heavy atom. The van der Waals surface area contributed by atoms with Gasteiger partial charge >= 0.3 is 0 Å². The van der Waals surface area contributed by atoms with Gasteiger partial charge in [0, 0.05) is 5.92 Å². The van der Waals surface area contributed by atoms with Gasteiger partial charge in [0.15, 0.2) is 0 Å². The molecular formula is C17H29N. The van der Waals surface area contributed by atoms with Gasteiger partial charge in [-0.25, -0.2) is 0 Å². The number of rotatable bonds is 3. The Hall–Kier alpha value is -0.510. The summed E-state index contributed by atoms with van der Waals surface area (Å²) in [6.45, 7) is 4.81. The largest absolute Gasteiger partial charge is 0.198 e. The molecule has 2 aliphatic rings. The quantitative estimate of drug-likeness (QED) is 0.675. The van der Waals surface area contributed by atoms with Crippen LogP contribution >= 0.6 is 0 Å². The van der Waals surface area contributed by atoms with Crippen molar-refractivity contribution in [2.45, 2.75) is 71.6 Å². The lowest BCUT2D eigenvalue weighted by Crippen LogP contribution is -2.31. The second-order valence-corrected chi connectivity index (χ2v) is 6.85. The van der Waals surface area contributed by atoms with Gasteiger partial charge in [-0.2, -0.15) is 5.26 Å². The van der Waals surface area contributed by atoms with E-state index in [1.165, 1.54) is 57.8 Å². The lowest BCUT2D eigenvalue weighted by molar-refractivity contribution is 0.100. The number of hydrogen-bond acceptors (Lipinski definition) is 1. The molecule has 1 nitrogen and oxygen atoms in total. The highest BCUT2D eigenvalue weighted by Gasteiger charge is 2.34. The Morgan fingerprint density at radius 1 is 1.06 bits per heavy atom. The third-order valence-corrected chi connectivity index (χ3v) is 5.60. The first-order valence-electron chi connectivity index (χ1n) is 8.14. The maximum Gasteiger partial charge on any atom is 0.0655 e. The van der Waals surface area contributed by atoms with E-state index in [0.717, 1.165) is 23.7 Å². The summed E-state index contributed by atoms with van der Waals surface area (Å²) in [5.74, 6) is 4.22. The minimum absolute atomic E-state index is 0.369. The van der Waals surface area contributed by atoms with E-state index in [0.29, 0.717) is 5.92 Å². The van der Waals surface area contributed by atoms with Gasteiger partial charge in [0.25, 0.3) is 0 Å². The summed E-state index contributed by atoms with van der Waals surface area (Å²) in [7, 11) is 0. The molecule has 2 fully saturated rings. The molecule has 0 aliphatic heterocycles. The van der Waals surface area contributed by atoms with Crippen LogP contribution < -0.4 is 0 Å². The van der Waals surface area contributed by atoms with Crippen LogP contribution in [0.15, 0.2) is 0 Å². The number of hydrogen-bond donors (Lipinski definition) is 0. The van der Waals surface area contributed by atoms with Gasteiger partial charge in [-0.3, -0.25) is 0 Å². The zero-order chi connectivity index (χ0) is 13.0. The van der Waals surface area contributed by atoms with Crippen molar-refractivity contribution < 1.29 is 0 Å². The van der Waals surface area contributed by atoms with E-state index in [9.17, 15) is 0 Å². The molecule has 0 spiro atoms. The van der Waals surface area contributed by atoms with Crippen LogP contribution in [0.4, 0.5) is 0 Å². The van der Waals surface area contributed by atoms with Gasteiger partial charge in [0.1, 0.15) is 0 Å². The molecule has 2 aliphatic carbocycles. The van der Waals surface area contributed by atoms with Crippen molar-refractivity contribution in [3.8, 4) is 6.07 Å². The topological polar surface area (TPSA) is 23.8 Å². The fourth-order valence-corrected chi connectivity index (χ4v) is 4.58. The number of nitriles is 1. The summed E-state index contributed by atoms with van der Waals surface area (Å²) >= 11 is 0.